The summed E-state index contributed by atoms with van der Waals surface area (Å²) in [5.74, 6) is 0.836. The number of rotatable bonds is 3. The molecule has 0 radical (unpaired) electrons. The van der Waals surface area contributed by atoms with E-state index in [1.165, 1.54) is 5.56 Å². The molecule has 0 saturated heterocycles. The summed E-state index contributed by atoms with van der Waals surface area (Å²) in [6, 6.07) is 12.3. The molecule has 130 valence electrons. The molecular formula is C21H24ClN2O+. The minimum atomic E-state index is -0.336. The molecule has 0 N–H and O–H groups in total. The normalized spacial score (nSPS) is 12.4. The van der Waals surface area contributed by atoms with Crippen LogP contribution in [0.2, 0.25) is 5.02 Å². The van der Waals surface area contributed by atoms with Crippen molar-refractivity contribution in [2.75, 3.05) is 0 Å². The fourth-order valence-electron chi connectivity index (χ4n) is 2.74. The van der Waals surface area contributed by atoms with E-state index >= 15 is 0 Å². The van der Waals surface area contributed by atoms with Gasteiger partial charge < -0.3 is 4.42 Å². The molecule has 0 unspecified atom stereocenters. The number of hydrogen-bond acceptors (Lipinski definition) is 2. The van der Waals surface area contributed by atoms with Crippen molar-refractivity contribution >= 4 is 11.6 Å². The van der Waals surface area contributed by atoms with Crippen molar-refractivity contribution in [3.05, 3.63) is 71.5 Å². The second-order valence-corrected chi connectivity index (χ2v) is 8.31. The summed E-state index contributed by atoms with van der Waals surface area (Å²) in [7, 11) is 0. The highest BCUT2D eigenvalue weighted by molar-refractivity contribution is 6.30. The lowest BCUT2D eigenvalue weighted by Crippen LogP contribution is -2.51. The van der Waals surface area contributed by atoms with Crippen molar-refractivity contribution in [1.29, 1.82) is 0 Å². The van der Waals surface area contributed by atoms with E-state index in [0.29, 0.717) is 5.02 Å². The smallest absolute Gasteiger partial charge is 0.335 e. The van der Waals surface area contributed by atoms with Crippen LogP contribution in [0.5, 0.6) is 0 Å². The van der Waals surface area contributed by atoms with Gasteiger partial charge in [0.1, 0.15) is 5.69 Å². The average molecular weight is 356 g/mol. The molecule has 0 bridgehead atoms. The number of halogens is 1. The highest BCUT2D eigenvalue weighted by atomic mass is 35.5. The van der Waals surface area contributed by atoms with E-state index in [9.17, 15) is 0 Å². The molecule has 0 aliphatic rings. The second-order valence-electron chi connectivity index (χ2n) is 7.87. The maximum Gasteiger partial charge on any atom is 0.335 e. The molecule has 0 spiro atoms. The molecule has 0 aliphatic heterocycles. The third kappa shape index (κ3) is 3.62. The van der Waals surface area contributed by atoms with Gasteiger partial charge in [-0.2, -0.15) is 4.57 Å². The molecule has 2 heterocycles. The zero-order chi connectivity index (χ0) is 18.2. The van der Waals surface area contributed by atoms with Gasteiger partial charge in [0.15, 0.2) is 0 Å². The van der Waals surface area contributed by atoms with Gasteiger partial charge in [0.2, 0.25) is 17.5 Å². The Hall–Kier alpha value is -2.13. The largest absolute Gasteiger partial charge is 0.404 e. The second kappa shape index (κ2) is 6.30. The molecule has 25 heavy (non-hydrogen) atoms. The van der Waals surface area contributed by atoms with E-state index < -0.39 is 0 Å². The number of aromatic nitrogens is 2. The summed E-state index contributed by atoms with van der Waals surface area (Å²) in [6.45, 7) is 10.8. The lowest BCUT2D eigenvalue weighted by molar-refractivity contribution is -0.750. The van der Waals surface area contributed by atoms with Gasteiger partial charge in [-0.25, -0.2) is 0 Å². The molecule has 0 amide bonds. The Balaban J connectivity index is 1.90. The van der Waals surface area contributed by atoms with Crippen molar-refractivity contribution in [3.8, 4) is 11.3 Å². The van der Waals surface area contributed by atoms with Crippen LogP contribution in [-0.2, 0) is 11.0 Å². The standard InChI is InChI=1S/C21H24ClN2O/c1-20(2,3)16-8-6-15(7-9-16)18-13-24(14-25-18)21(4,5)19-11-10-17(22)12-23-19/h6-14H,1-5H3/q+1. The monoisotopic (exact) mass is 355 g/mol. The van der Waals surface area contributed by atoms with Crippen LogP contribution in [0.1, 0.15) is 45.9 Å². The van der Waals surface area contributed by atoms with Crippen LogP contribution < -0.4 is 4.57 Å². The summed E-state index contributed by atoms with van der Waals surface area (Å²) in [6.07, 6.45) is 5.43. The Kier molecular flexibility index (Phi) is 4.46. The maximum absolute atomic E-state index is 5.95. The van der Waals surface area contributed by atoms with Gasteiger partial charge in [-0.3, -0.25) is 4.98 Å². The predicted octanol–water partition coefficient (Wildman–Crippen LogP) is 5.36. The van der Waals surface area contributed by atoms with E-state index in [-0.39, 0.29) is 11.0 Å². The van der Waals surface area contributed by atoms with E-state index in [1.807, 2.05) is 22.9 Å². The lowest BCUT2D eigenvalue weighted by Gasteiger charge is -2.18. The summed E-state index contributed by atoms with van der Waals surface area (Å²) in [4.78, 5) is 4.45. The molecule has 0 fully saturated rings. The van der Waals surface area contributed by atoms with E-state index in [0.717, 1.165) is 17.0 Å². The molecule has 2 aromatic heterocycles. The molecule has 0 atom stereocenters. The zero-order valence-corrected chi connectivity index (χ0v) is 16.1. The minimum Gasteiger partial charge on any atom is -0.404 e. The Morgan fingerprint density at radius 3 is 2.20 bits per heavy atom. The number of pyridine rings is 1. The average Bonchev–Trinajstić information content (AvgIpc) is 3.05. The molecule has 3 rings (SSSR count). The Morgan fingerprint density at radius 1 is 0.960 bits per heavy atom. The fraction of sp³-hybridized carbons (Fsp3) is 0.333. The van der Waals surface area contributed by atoms with Crippen LogP contribution in [0.15, 0.2) is 59.6 Å². The van der Waals surface area contributed by atoms with Gasteiger partial charge in [0.25, 0.3) is 0 Å². The first kappa shape index (κ1) is 17.7. The van der Waals surface area contributed by atoms with Crippen LogP contribution in [0.4, 0.5) is 0 Å². The molecule has 4 heteroatoms. The minimum absolute atomic E-state index is 0.143. The van der Waals surface area contributed by atoms with Crippen LogP contribution in [0, 0.1) is 0 Å². The van der Waals surface area contributed by atoms with Crippen molar-refractivity contribution in [2.24, 2.45) is 0 Å². The first-order valence-electron chi connectivity index (χ1n) is 8.41. The molecule has 3 aromatic rings. The van der Waals surface area contributed by atoms with E-state index in [4.69, 9.17) is 16.0 Å². The Morgan fingerprint density at radius 2 is 1.64 bits per heavy atom. The van der Waals surface area contributed by atoms with E-state index in [2.05, 4.69) is 63.9 Å². The summed E-state index contributed by atoms with van der Waals surface area (Å²) < 4.78 is 7.85. The number of benzene rings is 1. The highest BCUT2D eigenvalue weighted by Crippen LogP contribution is 2.27. The molecular weight excluding hydrogens is 332 g/mol. The van der Waals surface area contributed by atoms with Gasteiger partial charge >= 0.3 is 6.39 Å². The molecule has 3 nitrogen and oxygen atoms in total. The van der Waals surface area contributed by atoms with Gasteiger partial charge in [0, 0.05) is 25.6 Å². The summed E-state index contributed by atoms with van der Waals surface area (Å²) in [5.41, 5.74) is 3.10. The summed E-state index contributed by atoms with van der Waals surface area (Å²) in [5, 5.41) is 0.636. The Bertz CT molecular complexity index is 856. The third-order valence-electron chi connectivity index (χ3n) is 4.58. The predicted molar refractivity (Wildman–Crippen MR) is 101 cm³/mol. The zero-order valence-electron chi connectivity index (χ0n) is 15.4. The van der Waals surface area contributed by atoms with Crippen LogP contribution >= 0.6 is 11.6 Å². The van der Waals surface area contributed by atoms with Crippen LogP contribution in [-0.4, -0.2) is 4.98 Å². The fourth-order valence-corrected chi connectivity index (χ4v) is 2.85. The topological polar surface area (TPSA) is 29.9 Å². The van der Waals surface area contributed by atoms with Crippen molar-refractivity contribution < 1.29 is 8.98 Å². The van der Waals surface area contributed by atoms with Crippen LogP contribution in [0.25, 0.3) is 11.3 Å². The first-order valence-corrected chi connectivity index (χ1v) is 8.79. The quantitative estimate of drug-likeness (QED) is 0.592. The van der Waals surface area contributed by atoms with Gasteiger partial charge in [-0.1, -0.05) is 56.6 Å². The lowest BCUT2D eigenvalue weighted by atomic mass is 9.86. The number of hydrogen-bond donors (Lipinski definition) is 0. The van der Waals surface area contributed by atoms with Crippen molar-refractivity contribution in [3.63, 3.8) is 0 Å². The molecule has 0 aliphatic carbocycles. The SMILES string of the molecule is CC(C)(C)c1ccc(-c2c[n+](C(C)(C)c3ccc(Cl)cn3)co2)cc1. The molecule has 0 saturated carbocycles. The van der Waals surface area contributed by atoms with Crippen molar-refractivity contribution in [1.82, 2.24) is 4.98 Å². The first-order chi connectivity index (χ1) is 11.7. The third-order valence-corrected chi connectivity index (χ3v) is 4.81. The number of oxazole rings is 1. The molecule has 1 aromatic carbocycles. The van der Waals surface area contributed by atoms with Gasteiger partial charge in [-0.15, -0.1) is 0 Å². The van der Waals surface area contributed by atoms with Gasteiger partial charge in [-0.05, 0) is 23.1 Å². The highest BCUT2D eigenvalue weighted by Gasteiger charge is 2.34. The van der Waals surface area contributed by atoms with Crippen molar-refractivity contribution in [2.45, 2.75) is 45.6 Å². The van der Waals surface area contributed by atoms with E-state index in [1.54, 1.807) is 12.6 Å². The van der Waals surface area contributed by atoms with Crippen LogP contribution in [0.3, 0.4) is 0 Å². The maximum atomic E-state index is 5.95. The van der Waals surface area contributed by atoms with Gasteiger partial charge in [0.05, 0.1) is 5.02 Å². The Labute approximate surface area is 154 Å². The summed E-state index contributed by atoms with van der Waals surface area (Å²) >= 11 is 5.95. The number of nitrogens with zero attached hydrogens (tertiary/aromatic N) is 2.